The zero-order chi connectivity index (χ0) is 15.7. The number of hydrogen-bond acceptors (Lipinski definition) is 4. The van der Waals surface area contributed by atoms with Crippen LogP contribution in [0.5, 0.6) is 0 Å². The van der Waals surface area contributed by atoms with Crippen LogP contribution in [0.2, 0.25) is 0 Å². The van der Waals surface area contributed by atoms with Crippen LogP contribution in [0.25, 0.3) is 0 Å². The molecule has 4 heteroatoms. The van der Waals surface area contributed by atoms with Crippen molar-refractivity contribution in [3.8, 4) is 0 Å². The fraction of sp³-hybridized carbons (Fsp3) is 0.500. The van der Waals surface area contributed by atoms with Gasteiger partial charge in [0.05, 0.1) is 5.69 Å². The molecule has 3 rings (SSSR count). The lowest BCUT2D eigenvalue weighted by molar-refractivity contribution is 0.0445. The van der Waals surface area contributed by atoms with Gasteiger partial charge in [0.25, 0.3) is 0 Å². The summed E-state index contributed by atoms with van der Waals surface area (Å²) in [6.45, 7) is 8.44. The molecule has 4 nitrogen and oxygen atoms in total. The molecule has 1 atom stereocenters. The summed E-state index contributed by atoms with van der Waals surface area (Å²) in [5.41, 5.74) is 2.38. The van der Waals surface area contributed by atoms with Crippen molar-refractivity contribution in [2.24, 2.45) is 0 Å². The van der Waals surface area contributed by atoms with E-state index in [-0.39, 0.29) is 0 Å². The molecular weight excluding hydrogens is 276 g/mol. The molecule has 2 aromatic rings. The molecule has 0 amide bonds. The zero-order valence-corrected chi connectivity index (χ0v) is 13.5. The van der Waals surface area contributed by atoms with Crippen molar-refractivity contribution < 1.29 is 9.52 Å². The fourth-order valence-corrected chi connectivity index (χ4v) is 3.21. The smallest absolute Gasteiger partial charge is 0.196 e. The minimum Gasteiger partial charge on any atom is -0.448 e. The number of likely N-dealkylation sites (tertiary alicyclic amines) is 1. The summed E-state index contributed by atoms with van der Waals surface area (Å²) in [6, 6.07) is 8.10. The van der Waals surface area contributed by atoms with E-state index in [9.17, 15) is 5.11 Å². The maximum absolute atomic E-state index is 11.0. The summed E-state index contributed by atoms with van der Waals surface area (Å²) >= 11 is 0. The molecule has 1 aromatic carbocycles. The number of aryl methyl sites for hydroxylation is 1. The topological polar surface area (TPSA) is 49.5 Å². The SMILES string of the molecule is Cc1ccccc1C1(O)CCN(Cc2coc(C(C)C)n2)C1. The highest BCUT2D eigenvalue weighted by molar-refractivity contribution is 5.32. The third kappa shape index (κ3) is 2.94. The van der Waals surface area contributed by atoms with Gasteiger partial charge in [0, 0.05) is 25.6 Å². The lowest BCUT2D eigenvalue weighted by Gasteiger charge is -2.25. The minimum absolute atomic E-state index is 0.302. The second-order valence-electron chi connectivity index (χ2n) is 6.64. The monoisotopic (exact) mass is 300 g/mol. The molecule has 1 aliphatic heterocycles. The van der Waals surface area contributed by atoms with E-state index < -0.39 is 5.60 Å². The molecule has 118 valence electrons. The second-order valence-corrected chi connectivity index (χ2v) is 6.64. The highest BCUT2D eigenvalue weighted by atomic mass is 16.3. The standard InChI is InChI=1S/C18H24N2O2/c1-13(2)17-19-15(11-22-17)10-20-9-8-18(21,12-20)16-7-5-4-6-14(16)3/h4-7,11,13,21H,8-10,12H2,1-3H3. The van der Waals surface area contributed by atoms with Gasteiger partial charge < -0.3 is 9.52 Å². The largest absolute Gasteiger partial charge is 0.448 e. The van der Waals surface area contributed by atoms with Crippen LogP contribution in [0.15, 0.2) is 34.9 Å². The van der Waals surface area contributed by atoms with Crippen LogP contribution in [0.4, 0.5) is 0 Å². The van der Waals surface area contributed by atoms with Gasteiger partial charge in [0.1, 0.15) is 11.9 Å². The van der Waals surface area contributed by atoms with E-state index in [0.29, 0.717) is 12.5 Å². The molecule has 2 heterocycles. The molecule has 0 spiro atoms. The summed E-state index contributed by atoms with van der Waals surface area (Å²) in [7, 11) is 0. The average Bonchev–Trinajstić information content (AvgIpc) is 3.08. The van der Waals surface area contributed by atoms with E-state index in [1.165, 1.54) is 0 Å². The van der Waals surface area contributed by atoms with Gasteiger partial charge in [-0.1, -0.05) is 38.1 Å². The first-order valence-corrected chi connectivity index (χ1v) is 7.93. The highest BCUT2D eigenvalue weighted by Crippen LogP contribution is 2.34. The Hall–Kier alpha value is -1.65. The van der Waals surface area contributed by atoms with Gasteiger partial charge >= 0.3 is 0 Å². The number of β-amino-alcohol motifs (C(OH)–C–C–N with tert-alkyl or cyclic N) is 1. The van der Waals surface area contributed by atoms with Crippen molar-refractivity contribution in [1.29, 1.82) is 0 Å². The first-order chi connectivity index (χ1) is 10.5. The van der Waals surface area contributed by atoms with E-state index in [4.69, 9.17) is 4.42 Å². The summed E-state index contributed by atoms with van der Waals surface area (Å²) in [5, 5.41) is 11.0. The number of aliphatic hydroxyl groups is 1. The molecule has 0 bridgehead atoms. The van der Waals surface area contributed by atoms with Gasteiger partial charge in [0.2, 0.25) is 0 Å². The van der Waals surface area contributed by atoms with Crippen LogP contribution in [-0.2, 0) is 12.1 Å². The first-order valence-electron chi connectivity index (χ1n) is 7.93. The average molecular weight is 300 g/mol. The van der Waals surface area contributed by atoms with E-state index in [1.54, 1.807) is 6.26 Å². The Morgan fingerprint density at radius 1 is 1.36 bits per heavy atom. The van der Waals surface area contributed by atoms with Crippen LogP contribution < -0.4 is 0 Å². The van der Waals surface area contributed by atoms with Gasteiger partial charge in [-0.25, -0.2) is 4.98 Å². The number of rotatable bonds is 4. The first kappa shape index (κ1) is 15.3. The molecule has 1 fully saturated rings. The van der Waals surface area contributed by atoms with E-state index in [0.717, 1.165) is 42.2 Å². The van der Waals surface area contributed by atoms with Crippen LogP contribution >= 0.6 is 0 Å². The Balaban J connectivity index is 1.70. The maximum atomic E-state index is 11.0. The van der Waals surface area contributed by atoms with Crippen LogP contribution in [0.1, 0.15) is 48.9 Å². The predicted molar refractivity (Wildman–Crippen MR) is 85.6 cm³/mol. The van der Waals surface area contributed by atoms with Crippen LogP contribution in [-0.4, -0.2) is 28.1 Å². The molecule has 0 aliphatic carbocycles. The van der Waals surface area contributed by atoms with E-state index in [1.807, 2.05) is 18.2 Å². The Labute approximate surface area is 131 Å². The van der Waals surface area contributed by atoms with Crippen molar-refractivity contribution in [2.75, 3.05) is 13.1 Å². The number of aromatic nitrogens is 1. The summed E-state index contributed by atoms with van der Waals surface area (Å²) in [6.07, 6.45) is 2.49. The zero-order valence-electron chi connectivity index (χ0n) is 13.5. The quantitative estimate of drug-likeness (QED) is 0.942. The molecule has 1 N–H and O–H groups in total. The number of benzene rings is 1. The number of hydrogen-bond donors (Lipinski definition) is 1. The van der Waals surface area contributed by atoms with E-state index >= 15 is 0 Å². The normalized spacial score (nSPS) is 22.6. The van der Waals surface area contributed by atoms with Crippen molar-refractivity contribution in [1.82, 2.24) is 9.88 Å². The van der Waals surface area contributed by atoms with E-state index in [2.05, 4.69) is 36.7 Å². The molecule has 22 heavy (non-hydrogen) atoms. The van der Waals surface area contributed by atoms with Gasteiger partial charge in [0.15, 0.2) is 5.89 Å². The lowest BCUT2D eigenvalue weighted by Crippen LogP contribution is -2.31. The maximum Gasteiger partial charge on any atom is 0.196 e. The molecular formula is C18H24N2O2. The summed E-state index contributed by atoms with van der Waals surface area (Å²) in [5.74, 6) is 1.08. The van der Waals surface area contributed by atoms with Gasteiger partial charge in [-0.05, 0) is 24.5 Å². The lowest BCUT2D eigenvalue weighted by atomic mass is 9.89. The number of oxazole rings is 1. The Morgan fingerprint density at radius 3 is 2.82 bits per heavy atom. The van der Waals surface area contributed by atoms with Crippen LogP contribution in [0, 0.1) is 6.92 Å². The van der Waals surface area contributed by atoms with Gasteiger partial charge in [-0.2, -0.15) is 0 Å². The van der Waals surface area contributed by atoms with Crippen molar-refractivity contribution >= 4 is 0 Å². The summed E-state index contributed by atoms with van der Waals surface area (Å²) in [4.78, 5) is 6.77. The highest BCUT2D eigenvalue weighted by Gasteiger charge is 2.38. The molecule has 1 aliphatic rings. The Morgan fingerprint density at radius 2 is 2.14 bits per heavy atom. The van der Waals surface area contributed by atoms with Gasteiger partial charge in [-0.3, -0.25) is 4.90 Å². The third-order valence-corrected chi connectivity index (χ3v) is 4.42. The molecule has 0 radical (unpaired) electrons. The van der Waals surface area contributed by atoms with Crippen molar-refractivity contribution in [2.45, 2.75) is 45.3 Å². The minimum atomic E-state index is -0.754. The number of nitrogens with zero attached hydrogens (tertiary/aromatic N) is 2. The van der Waals surface area contributed by atoms with Gasteiger partial charge in [-0.15, -0.1) is 0 Å². The van der Waals surface area contributed by atoms with Crippen molar-refractivity contribution in [3.63, 3.8) is 0 Å². The van der Waals surface area contributed by atoms with Crippen LogP contribution in [0.3, 0.4) is 0 Å². The second kappa shape index (κ2) is 5.86. The fourth-order valence-electron chi connectivity index (χ4n) is 3.21. The molecule has 1 unspecified atom stereocenters. The third-order valence-electron chi connectivity index (χ3n) is 4.42. The summed E-state index contributed by atoms with van der Waals surface area (Å²) < 4.78 is 5.49. The van der Waals surface area contributed by atoms with Crippen molar-refractivity contribution in [3.05, 3.63) is 53.2 Å². The predicted octanol–water partition coefficient (Wildman–Crippen LogP) is 3.20. The Kier molecular flexibility index (Phi) is 4.06. The molecule has 0 saturated carbocycles. The molecule has 1 saturated heterocycles. The Bertz CT molecular complexity index is 650. The molecule has 1 aromatic heterocycles.